The molecular formula is C18H22O3. The zero-order valence-corrected chi connectivity index (χ0v) is 12.6. The highest BCUT2D eigenvalue weighted by molar-refractivity contribution is 6.09. The van der Waals surface area contributed by atoms with Crippen molar-refractivity contribution in [2.45, 2.75) is 51.9 Å². The summed E-state index contributed by atoms with van der Waals surface area (Å²) in [4.78, 5) is 36.6. The van der Waals surface area contributed by atoms with E-state index in [1.54, 1.807) is 0 Å². The maximum atomic E-state index is 12.5. The van der Waals surface area contributed by atoms with Gasteiger partial charge in [-0.1, -0.05) is 37.3 Å². The van der Waals surface area contributed by atoms with Crippen LogP contribution in [-0.2, 0) is 20.8 Å². The van der Waals surface area contributed by atoms with Gasteiger partial charge in [0, 0.05) is 25.7 Å². The van der Waals surface area contributed by atoms with Crippen LogP contribution in [0.15, 0.2) is 30.3 Å². The van der Waals surface area contributed by atoms with Gasteiger partial charge in [0.25, 0.3) is 0 Å². The summed E-state index contributed by atoms with van der Waals surface area (Å²) in [6, 6.07) is 9.63. The van der Waals surface area contributed by atoms with Crippen molar-refractivity contribution in [1.82, 2.24) is 0 Å². The smallest absolute Gasteiger partial charge is 0.146 e. The molecule has 0 unspecified atom stereocenters. The predicted octanol–water partition coefficient (Wildman–Crippen LogP) is 3.30. The Morgan fingerprint density at radius 3 is 2.29 bits per heavy atom. The molecule has 0 spiro atoms. The molecule has 1 fully saturated rings. The first-order valence-corrected chi connectivity index (χ1v) is 7.71. The second-order valence-electron chi connectivity index (χ2n) is 5.84. The standard InChI is InChI=1S/C18H22O3/c1-2-15(19)11-12-18(13-14-7-4-3-5-8-14)16(20)9-6-10-17(18)21/h3-5,7-8H,2,6,9-13H2,1H3. The van der Waals surface area contributed by atoms with E-state index in [-0.39, 0.29) is 17.3 Å². The topological polar surface area (TPSA) is 51.2 Å². The van der Waals surface area contributed by atoms with Crippen molar-refractivity contribution in [3.8, 4) is 0 Å². The van der Waals surface area contributed by atoms with E-state index in [9.17, 15) is 14.4 Å². The second-order valence-corrected chi connectivity index (χ2v) is 5.84. The third kappa shape index (κ3) is 3.46. The van der Waals surface area contributed by atoms with E-state index in [4.69, 9.17) is 0 Å². The molecule has 1 aromatic carbocycles. The molecule has 1 aliphatic rings. The van der Waals surface area contributed by atoms with Gasteiger partial charge in [0.15, 0.2) is 0 Å². The van der Waals surface area contributed by atoms with Gasteiger partial charge in [-0.15, -0.1) is 0 Å². The largest absolute Gasteiger partial charge is 0.300 e. The highest BCUT2D eigenvalue weighted by Crippen LogP contribution is 2.38. The number of hydrogen-bond donors (Lipinski definition) is 0. The molecular weight excluding hydrogens is 264 g/mol. The minimum atomic E-state index is -0.968. The number of rotatable bonds is 6. The van der Waals surface area contributed by atoms with Crippen molar-refractivity contribution in [1.29, 1.82) is 0 Å². The zero-order valence-electron chi connectivity index (χ0n) is 12.6. The molecule has 3 nitrogen and oxygen atoms in total. The van der Waals surface area contributed by atoms with Gasteiger partial charge in [-0.3, -0.25) is 14.4 Å². The van der Waals surface area contributed by atoms with Crippen LogP contribution in [0.3, 0.4) is 0 Å². The summed E-state index contributed by atoms with van der Waals surface area (Å²) in [7, 11) is 0. The van der Waals surface area contributed by atoms with Crippen molar-refractivity contribution in [2.75, 3.05) is 0 Å². The van der Waals surface area contributed by atoms with Crippen LogP contribution in [-0.4, -0.2) is 17.3 Å². The molecule has 1 aromatic rings. The van der Waals surface area contributed by atoms with Crippen molar-refractivity contribution in [2.24, 2.45) is 5.41 Å². The van der Waals surface area contributed by atoms with Gasteiger partial charge in [-0.25, -0.2) is 0 Å². The van der Waals surface area contributed by atoms with Gasteiger partial charge in [0.05, 0.1) is 5.41 Å². The van der Waals surface area contributed by atoms with Gasteiger partial charge >= 0.3 is 0 Å². The van der Waals surface area contributed by atoms with Crippen molar-refractivity contribution in [3.05, 3.63) is 35.9 Å². The zero-order chi connectivity index (χ0) is 15.3. The molecule has 112 valence electrons. The van der Waals surface area contributed by atoms with Gasteiger partial charge in [0.1, 0.15) is 17.3 Å². The predicted molar refractivity (Wildman–Crippen MR) is 81.0 cm³/mol. The summed E-state index contributed by atoms with van der Waals surface area (Å²) in [6.45, 7) is 1.82. The molecule has 0 N–H and O–H groups in total. The van der Waals surface area contributed by atoms with Crippen LogP contribution < -0.4 is 0 Å². The molecule has 3 heteroatoms. The molecule has 0 amide bonds. The maximum absolute atomic E-state index is 12.5. The lowest BCUT2D eigenvalue weighted by Gasteiger charge is -2.34. The van der Waals surface area contributed by atoms with Crippen molar-refractivity contribution < 1.29 is 14.4 Å². The highest BCUT2D eigenvalue weighted by Gasteiger charge is 2.46. The Bertz CT molecular complexity index is 515. The van der Waals surface area contributed by atoms with E-state index < -0.39 is 5.41 Å². The van der Waals surface area contributed by atoms with Gasteiger partial charge in [-0.2, -0.15) is 0 Å². The number of carbonyl (C=O) groups is 3. The first-order chi connectivity index (χ1) is 10.1. The van der Waals surface area contributed by atoms with Crippen LogP contribution in [0.1, 0.15) is 51.0 Å². The molecule has 1 saturated carbocycles. The molecule has 0 aromatic heterocycles. The normalized spacial score (nSPS) is 17.8. The number of hydrogen-bond acceptors (Lipinski definition) is 3. The van der Waals surface area contributed by atoms with E-state index in [1.807, 2.05) is 37.3 Å². The summed E-state index contributed by atoms with van der Waals surface area (Å²) < 4.78 is 0. The minimum absolute atomic E-state index is 0.0199. The van der Waals surface area contributed by atoms with E-state index in [0.29, 0.717) is 44.9 Å². The Kier molecular flexibility index (Phi) is 5.05. The number of carbonyl (C=O) groups excluding carboxylic acids is 3. The van der Waals surface area contributed by atoms with E-state index in [1.165, 1.54) is 0 Å². The SMILES string of the molecule is CCC(=O)CCC1(Cc2ccccc2)C(=O)CCCC1=O. The van der Waals surface area contributed by atoms with Crippen LogP contribution >= 0.6 is 0 Å². The van der Waals surface area contributed by atoms with Crippen molar-refractivity contribution >= 4 is 17.3 Å². The summed E-state index contributed by atoms with van der Waals surface area (Å²) in [5, 5.41) is 0. The molecule has 0 bridgehead atoms. The second kappa shape index (κ2) is 6.79. The van der Waals surface area contributed by atoms with Crippen LogP contribution in [0.25, 0.3) is 0 Å². The van der Waals surface area contributed by atoms with Crippen LogP contribution in [0.2, 0.25) is 0 Å². The van der Waals surface area contributed by atoms with E-state index in [2.05, 4.69) is 0 Å². The Balaban J connectivity index is 2.26. The van der Waals surface area contributed by atoms with Crippen LogP contribution in [0, 0.1) is 5.41 Å². The summed E-state index contributed by atoms with van der Waals surface area (Å²) in [6.07, 6.45) is 3.15. The molecule has 0 radical (unpaired) electrons. The molecule has 0 saturated heterocycles. The lowest BCUT2D eigenvalue weighted by molar-refractivity contribution is -0.144. The van der Waals surface area contributed by atoms with Gasteiger partial charge in [0.2, 0.25) is 0 Å². The third-order valence-electron chi connectivity index (χ3n) is 4.45. The third-order valence-corrected chi connectivity index (χ3v) is 4.45. The number of Topliss-reactive ketones (excluding diaryl/α,β-unsaturated/α-hetero) is 3. The minimum Gasteiger partial charge on any atom is -0.300 e. The Morgan fingerprint density at radius 2 is 1.71 bits per heavy atom. The first-order valence-electron chi connectivity index (χ1n) is 7.71. The maximum Gasteiger partial charge on any atom is 0.146 e. The fraction of sp³-hybridized carbons (Fsp3) is 0.500. The summed E-state index contributed by atoms with van der Waals surface area (Å²) in [5.74, 6) is 0.159. The number of ketones is 3. The first kappa shape index (κ1) is 15.6. The van der Waals surface area contributed by atoms with Crippen LogP contribution in [0.5, 0.6) is 0 Å². The fourth-order valence-corrected chi connectivity index (χ4v) is 3.08. The van der Waals surface area contributed by atoms with Gasteiger partial charge < -0.3 is 0 Å². The molecule has 0 aliphatic heterocycles. The summed E-state index contributed by atoms with van der Waals surface area (Å²) in [5.41, 5.74) is 0.0230. The average Bonchev–Trinajstić information content (AvgIpc) is 2.50. The fourth-order valence-electron chi connectivity index (χ4n) is 3.08. The van der Waals surface area contributed by atoms with E-state index >= 15 is 0 Å². The Hall–Kier alpha value is -1.77. The molecule has 0 atom stereocenters. The Morgan fingerprint density at radius 1 is 1.10 bits per heavy atom. The molecule has 1 aliphatic carbocycles. The lowest BCUT2D eigenvalue weighted by Crippen LogP contribution is -2.44. The molecule has 2 rings (SSSR count). The lowest BCUT2D eigenvalue weighted by atomic mass is 9.65. The molecule has 0 heterocycles. The average molecular weight is 286 g/mol. The van der Waals surface area contributed by atoms with Crippen LogP contribution in [0.4, 0.5) is 0 Å². The monoisotopic (exact) mass is 286 g/mol. The van der Waals surface area contributed by atoms with Gasteiger partial charge in [-0.05, 0) is 24.8 Å². The highest BCUT2D eigenvalue weighted by atomic mass is 16.2. The Labute approximate surface area is 125 Å². The quantitative estimate of drug-likeness (QED) is 0.754. The van der Waals surface area contributed by atoms with Crippen molar-refractivity contribution in [3.63, 3.8) is 0 Å². The number of benzene rings is 1. The summed E-state index contributed by atoms with van der Waals surface area (Å²) >= 11 is 0. The molecule has 21 heavy (non-hydrogen) atoms. The van der Waals surface area contributed by atoms with E-state index in [0.717, 1.165) is 5.56 Å².